The van der Waals surface area contributed by atoms with Gasteiger partial charge >= 0.3 is 12.0 Å². The molecule has 1 fully saturated rings. The summed E-state index contributed by atoms with van der Waals surface area (Å²) in [4.78, 5) is 50.0. The van der Waals surface area contributed by atoms with E-state index < -0.39 is 23.8 Å². The molecule has 11 heteroatoms. The fourth-order valence-corrected chi connectivity index (χ4v) is 3.69. The summed E-state index contributed by atoms with van der Waals surface area (Å²) in [7, 11) is 0. The number of anilines is 1. The van der Waals surface area contributed by atoms with Crippen molar-refractivity contribution in [2.45, 2.75) is 0 Å². The van der Waals surface area contributed by atoms with Gasteiger partial charge in [-0.15, -0.1) is 0 Å². The molecule has 4 amide bonds. The second kappa shape index (κ2) is 8.09. The van der Waals surface area contributed by atoms with E-state index in [1.165, 1.54) is 48.5 Å². The molecule has 1 aromatic heterocycles. The Balaban J connectivity index is 1.48. The van der Waals surface area contributed by atoms with Crippen molar-refractivity contribution in [2.75, 3.05) is 11.7 Å². The number of nitrogens with one attached hydrogen (secondary N) is 1. The molecule has 3 aromatic rings. The molecule has 170 valence electrons. The lowest BCUT2D eigenvalue weighted by molar-refractivity contribution is -0.122. The zero-order valence-corrected chi connectivity index (χ0v) is 17.8. The molecule has 0 aliphatic carbocycles. The SMILES string of the molecule is O=C1NC(=O)N(c2ccc3c(c2)OCO3)C(=O)/C1=C\c1ccc(-c2cc(C(=O)O)ccc2Cl)o1. The Hall–Kier alpha value is -4.57. The number of ether oxygens (including phenoxy) is 2. The predicted molar refractivity (Wildman–Crippen MR) is 118 cm³/mol. The molecule has 0 unspecified atom stereocenters. The van der Waals surface area contributed by atoms with Gasteiger partial charge < -0.3 is 19.0 Å². The number of carbonyl (C=O) groups is 4. The molecule has 0 spiro atoms. The van der Waals surface area contributed by atoms with Crippen LogP contribution in [0.25, 0.3) is 17.4 Å². The first kappa shape index (κ1) is 21.3. The minimum absolute atomic E-state index is 0.00965. The van der Waals surface area contributed by atoms with Crippen LogP contribution < -0.4 is 19.7 Å². The molecular weight excluding hydrogens is 468 g/mol. The number of imide groups is 2. The molecule has 0 radical (unpaired) electrons. The molecule has 34 heavy (non-hydrogen) atoms. The van der Waals surface area contributed by atoms with E-state index in [1.807, 2.05) is 0 Å². The van der Waals surface area contributed by atoms with E-state index in [0.29, 0.717) is 17.1 Å². The first-order chi connectivity index (χ1) is 16.3. The van der Waals surface area contributed by atoms with Crippen LogP contribution in [0.3, 0.4) is 0 Å². The minimum atomic E-state index is -1.13. The van der Waals surface area contributed by atoms with Crippen LogP contribution in [-0.2, 0) is 9.59 Å². The van der Waals surface area contributed by atoms with Crippen molar-refractivity contribution in [1.29, 1.82) is 0 Å². The number of urea groups is 1. The van der Waals surface area contributed by atoms with Crippen molar-refractivity contribution in [1.82, 2.24) is 5.32 Å². The Bertz CT molecular complexity index is 1420. The summed E-state index contributed by atoms with van der Waals surface area (Å²) in [6, 6.07) is 10.7. The van der Waals surface area contributed by atoms with Crippen molar-refractivity contribution < 1.29 is 38.2 Å². The highest BCUT2D eigenvalue weighted by Gasteiger charge is 2.37. The Morgan fingerprint density at radius 2 is 1.82 bits per heavy atom. The van der Waals surface area contributed by atoms with Crippen molar-refractivity contribution in [3.8, 4) is 22.8 Å². The highest BCUT2D eigenvalue weighted by atomic mass is 35.5. The quantitative estimate of drug-likeness (QED) is 0.426. The number of rotatable bonds is 4. The van der Waals surface area contributed by atoms with Gasteiger partial charge in [0.1, 0.15) is 17.1 Å². The van der Waals surface area contributed by atoms with E-state index in [4.69, 9.17) is 25.5 Å². The third-order valence-corrected chi connectivity index (χ3v) is 5.44. The molecule has 0 bridgehead atoms. The average Bonchev–Trinajstić information content (AvgIpc) is 3.46. The van der Waals surface area contributed by atoms with E-state index >= 15 is 0 Å². The van der Waals surface area contributed by atoms with Gasteiger partial charge in [0.25, 0.3) is 11.8 Å². The lowest BCUT2D eigenvalue weighted by atomic mass is 10.1. The Labute approximate surface area is 195 Å². The number of furan rings is 1. The maximum atomic E-state index is 13.1. The van der Waals surface area contributed by atoms with Gasteiger partial charge in [0.2, 0.25) is 6.79 Å². The second-order valence-electron chi connectivity index (χ2n) is 7.20. The van der Waals surface area contributed by atoms with Crippen LogP contribution >= 0.6 is 11.6 Å². The van der Waals surface area contributed by atoms with Crippen LogP contribution in [0, 0.1) is 0 Å². The highest BCUT2D eigenvalue weighted by Crippen LogP contribution is 2.36. The average molecular weight is 481 g/mol. The third-order valence-electron chi connectivity index (χ3n) is 5.11. The molecule has 2 aliphatic heterocycles. The van der Waals surface area contributed by atoms with E-state index in [0.717, 1.165) is 4.90 Å². The van der Waals surface area contributed by atoms with Crippen LogP contribution in [0.5, 0.6) is 11.5 Å². The van der Waals surface area contributed by atoms with Crippen LogP contribution in [0.15, 0.2) is 58.5 Å². The molecule has 2 aromatic carbocycles. The lowest BCUT2D eigenvalue weighted by Gasteiger charge is -2.26. The highest BCUT2D eigenvalue weighted by molar-refractivity contribution is 6.39. The fraction of sp³-hybridized carbons (Fsp3) is 0.0435. The summed E-state index contributed by atoms with van der Waals surface area (Å²) in [6.45, 7) is 0.0167. The number of hydrogen-bond donors (Lipinski definition) is 2. The lowest BCUT2D eigenvalue weighted by Crippen LogP contribution is -2.54. The number of barbiturate groups is 1. The van der Waals surface area contributed by atoms with Crippen LogP contribution in [0.2, 0.25) is 5.02 Å². The Morgan fingerprint density at radius 1 is 1.03 bits per heavy atom. The number of amides is 4. The molecule has 3 heterocycles. The number of hydrogen-bond acceptors (Lipinski definition) is 7. The maximum absolute atomic E-state index is 13.1. The molecule has 10 nitrogen and oxygen atoms in total. The monoisotopic (exact) mass is 480 g/mol. The van der Waals surface area contributed by atoms with Gasteiger partial charge in [-0.2, -0.15) is 0 Å². The molecule has 5 rings (SSSR count). The number of carboxylic acid groups (broad SMARTS) is 1. The normalized spacial score (nSPS) is 16.2. The summed E-state index contributed by atoms with van der Waals surface area (Å²) < 4.78 is 16.2. The number of aromatic carboxylic acids is 1. The number of carbonyl (C=O) groups excluding carboxylic acids is 3. The molecular formula is C23H13ClN2O8. The summed E-state index contributed by atoms with van der Waals surface area (Å²) in [5.41, 5.74) is 0.171. The Morgan fingerprint density at radius 3 is 2.62 bits per heavy atom. The first-order valence-corrected chi connectivity index (χ1v) is 10.1. The minimum Gasteiger partial charge on any atom is -0.478 e. The molecule has 1 saturated heterocycles. The van der Waals surface area contributed by atoms with Crippen LogP contribution in [0.1, 0.15) is 16.1 Å². The molecule has 2 N–H and O–H groups in total. The number of nitrogens with zero attached hydrogens (tertiary/aromatic N) is 1. The van der Waals surface area contributed by atoms with Crippen LogP contribution in [-0.4, -0.2) is 35.7 Å². The number of benzene rings is 2. The first-order valence-electron chi connectivity index (χ1n) is 9.76. The summed E-state index contributed by atoms with van der Waals surface area (Å²) in [6.07, 6.45) is 1.18. The smallest absolute Gasteiger partial charge is 0.335 e. The number of carboxylic acids is 1. The Kier molecular flexibility index (Phi) is 5.06. The van der Waals surface area contributed by atoms with Gasteiger partial charge in [0.05, 0.1) is 16.3 Å². The van der Waals surface area contributed by atoms with Gasteiger partial charge in [-0.25, -0.2) is 14.5 Å². The fourth-order valence-electron chi connectivity index (χ4n) is 3.48. The van der Waals surface area contributed by atoms with Crippen molar-refractivity contribution in [3.05, 3.63) is 70.5 Å². The second-order valence-corrected chi connectivity index (χ2v) is 7.60. The number of halogens is 1. The largest absolute Gasteiger partial charge is 0.478 e. The molecule has 0 atom stereocenters. The van der Waals surface area contributed by atoms with Gasteiger partial charge in [-0.05, 0) is 48.5 Å². The third kappa shape index (κ3) is 3.65. The summed E-state index contributed by atoms with van der Waals surface area (Å²) >= 11 is 6.18. The maximum Gasteiger partial charge on any atom is 0.335 e. The van der Waals surface area contributed by atoms with E-state index in [-0.39, 0.29) is 40.2 Å². The number of fused-ring (bicyclic) bond motifs is 1. The zero-order chi connectivity index (χ0) is 24.0. The predicted octanol–water partition coefficient (Wildman–Crippen LogP) is 3.69. The molecule has 2 aliphatic rings. The van der Waals surface area contributed by atoms with Gasteiger partial charge in [-0.3, -0.25) is 14.9 Å². The molecule has 0 saturated carbocycles. The van der Waals surface area contributed by atoms with Gasteiger partial charge in [0, 0.05) is 11.6 Å². The van der Waals surface area contributed by atoms with Crippen molar-refractivity contribution in [3.63, 3.8) is 0 Å². The van der Waals surface area contributed by atoms with E-state index in [1.54, 1.807) is 6.07 Å². The van der Waals surface area contributed by atoms with Crippen LogP contribution in [0.4, 0.5) is 10.5 Å². The van der Waals surface area contributed by atoms with Crippen molar-refractivity contribution in [2.24, 2.45) is 0 Å². The van der Waals surface area contributed by atoms with Gasteiger partial charge in [0.15, 0.2) is 11.5 Å². The summed E-state index contributed by atoms with van der Waals surface area (Å²) in [5.74, 6) is -1.72. The topological polar surface area (TPSA) is 135 Å². The van der Waals surface area contributed by atoms with Crippen molar-refractivity contribution >= 4 is 47.2 Å². The van der Waals surface area contributed by atoms with E-state index in [9.17, 15) is 24.3 Å². The summed E-state index contributed by atoms with van der Waals surface area (Å²) in [5, 5.41) is 11.6. The standard InChI is InChI=1S/C23H13ClN2O8/c24-16-4-1-11(22(29)30)7-14(16)17-6-3-13(34-17)9-15-20(27)25-23(31)26(21(15)28)12-2-5-18-19(8-12)33-10-32-18/h1-9H,10H2,(H,29,30)(H,25,27,31)/b15-9-. The van der Waals surface area contributed by atoms with Gasteiger partial charge in [-0.1, -0.05) is 11.6 Å². The van der Waals surface area contributed by atoms with E-state index in [2.05, 4.69) is 5.32 Å². The zero-order valence-electron chi connectivity index (χ0n) is 17.0.